The first kappa shape index (κ1) is 15.4. The minimum atomic E-state index is 0.533. The Hall–Kier alpha value is -1.13. The normalized spacial score (nSPS) is 30.7. The van der Waals surface area contributed by atoms with E-state index in [1.807, 2.05) is 0 Å². The predicted octanol–water partition coefficient (Wildman–Crippen LogP) is 3.83. The molecule has 0 unspecified atom stereocenters. The summed E-state index contributed by atoms with van der Waals surface area (Å²) < 4.78 is 0. The summed E-state index contributed by atoms with van der Waals surface area (Å²) >= 11 is 5.54. The molecule has 2 saturated heterocycles. The van der Waals surface area contributed by atoms with Gasteiger partial charge in [-0.25, -0.2) is 0 Å². The average molecular weight is 330 g/mol. The summed E-state index contributed by atoms with van der Waals surface area (Å²) in [6.07, 6.45) is 9.53. The van der Waals surface area contributed by atoms with E-state index in [0.717, 1.165) is 28.9 Å². The molecule has 0 aromatic heterocycles. The number of benzene rings is 1. The molecule has 4 heteroatoms. The lowest BCUT2D eigenvalue weighted by Crippen LogP contribution is -2.57. The highest BCUT2D eigenvalue weighted by Gasteiger charge is 2.44. The molecule has 2 atom stereocenters. The second-order valence-corrected chi connectivity index (χ2v) is 7.96. The Labute approximate surface area is 144 Å². The van der Waals surface area contributed by atoms with Gasteiger partial charge in [0.15, 0.2) is 5.11 Å². The highest BCUT2D eigenvalue weighted by Crippen LogP contribution is 2.41. The molecule has 2 heterocycles. The van der Waals surface area contributed by atoms with E-state index in [2.05, 4.69) is 46.7 Å². The van der Waals surface area contributed by atoms with Crippen molar-refractivity contribution in [2.75, 3.05) is 5.32 Å². The number of aryl methyl sites for hydroxylation is 1. The molecule has 124 valence electrons. The lowest BCUT2D eigenvalue weighted by atomic mass is 9.81. The van der Waals surface area contributed by atoms with E-state index in [9.17, 15) is 0 Å². The fraction of sp³-hybridized carbons (Fsp3) is 0.632. The number of nitrogens with one attached hydrogen (secondary N) is 2. The Morgan fingerprint density at radius 2 is 1.65 bits per heavy atom. The number of hydrogen-bond acceptors (Lipinski definition) is 2. The summed E-state index contributed by atoms with van der Waals surface area (Å²) in [5.74, 6) is 0. The molecule has 1 aromatic carbocycles. The van der Waals surface area contributed by atoms with Crippen LogP contribution in [-0.4, -0.2) is 34.2 Å². The third kappa shape index (κ3) is 3.53. The molecule has 3 nitrogen and oxygen atoms in total. The van der Waals surface area contributed by atoms with E-state index in [-0.39, 0.29) is 0 Å². The molecular formula is C19H27N3S. The minimum absolute atomic E-state index is 0.533. The van der Waals surface area contributed by atoms with Gasteiger partial charge in [0.05, 0.1) is 0 Å². The van der Waals surface area contributed by atoms with Crippen molar-refractivity contribution in [1.82, 2.24) is 10.2 Å². The molecule has 2 N–H and O–H groups in total. The quantitative estimate of drug-likeness (QED) is 0.824. The van der Waals surface area contributed by atoms with Crippen LogP contribution in [0.4, 0.5) is 5.69 Å². The van der Waals surface area contributed by atoms with E-state index in [4.69, 9.17) is 12.2 Å². The van der Waals surface area contributed by atoms with Gasteiger partial charge in [0, 0.05) is 29.9 Å². The number of nitrogens with zero attached hydrogens (tertiary/aromatic N) is 1. The van der Waals surface area contributed by atoms with Crippen molar-refractivity contribution in [3.8, 4) is 0 Å². The number of piperidine rings is 2. The van der Waals surface area contributed by atoms with Crippen LogP contribution in [0.1, 0.15) is 50.5 Å². The molecular weight excluding hydrogens is 302 g/mol. The summed E-state index contributed by atoms with van der Waals surface area (Å²) in [5.41, 5.74) is 2.35. The SMILES string of the molecule is Cc1ccc(NC(=S)NC2C[C@@H]3CCC[C@@H](C2)N3C2CC2)cc1. The predicted molar refractivity (Wildman–Crippen MR) is 99.8 cm³/mol. The van der Waals surface area contributed by atoms with Crippen LogP contribution in [0.5, 0.6) is 0 Å². The Morgan fingerprint density at radius 1 is 1.00 bits per heavy atom. The van der Waals surface area contributed by atoms with Gasteiger partial charge in [0.2, 0.25) is 0 Å². The second kappa shape index (κ2) is 6.40. The van der Waals surface area contributed by atoms with Crippen molar-refractivity contribution in [2.24, 2.45) is 0 Å². The number of anilines is 1. The summed E-state index contributed by atoms with van der Waals surface area (Å²) in [5, 5.41) is 7.69. The minimum Gasteiger partial charge on any atom is -0.360 e. The average Bonchev–Trinajstić information content (AvgIpc) is 3.33. The van der Waals surface area contributed by atoms with Crippen molar-refractivity contribution >= 4 is 23.0 Å². The summed E-state index contributed by atoms with van der Waals surface area (Å²) in [6.45, 7) is 2.10. The van der Waals surface area contributed by atoms with Gasteiger partial charge >= 0.3 is 0 Å². The first-order valence-corrected chi connectivity index (χ1v) is 9.51. The first-order chi connectivity index (χ1) is 11.2. The van der Waals surface area contributed by atoms with Crippen LogP contribution in [0.25, 0.3) is 0 Å². The van der Waals surface area contributed by atoms with Crippen LogP contribution in [-0.2, 0) is 0 Å². The standard InChI is InChI=1S/C19H27N3S/c1-13-5-7-14(8-6-13)20-19(23)21-15-11-17-3-2-4-18(12-15)22(17)16-9-10-16/h5-8,15-18H,2-4,9-12H2,1H3,(H2,20,21,23)/t17-,18-/m0/s1. The van der Waals surface area contributed by atoms with Crippen LogP contribution in [0.15, 0.2) is 24.3 Å². The summed E-state index contributed by atoms with van der Waals surface area (Å²) in [7, 11) is 0. The van der Waals surface area contributed by atoms with Crippen LogP contribution in [0.3, 0.4) is 0 Å². The number of thiocarbonyl (C=S) groups is 1. The molecule has 23 heavy (non-hydrogen) atoms. The molecule has 4 rings (SSSR count). The lowest BCUT2D eigenvalue weighted by molar-refractivity contribution is 0.0209. The van der Waals surface area contributed by atoms with Crippen LogP contribution < -0.4 is 10.6 Å². The Morgan fingerprint density at radius 3 is 2.26 bits per heavy atom. The smallest absolute Gasteiger partial charge is 0.170 e. The van der Waals surface area contributed by atoms with E-state index >= 15 is 0 Å². The van der Waals surface area contributed by atoms with Gasteiger partial charge in [-0.3, -0.25) is 4.90 Å². The zero-order valence-electron chi connectivity index (χ0n) is 13.9. The lowest BCUT2D eigenvalue weighted by Gasteiger charge is -2.49. The van der Waals surface area contributed by atoms with Crippen molar-refractivity contribution in [3.63, 3.8) is 0 Å². The largest absolute Gasteiger partial charge is 0.360 e. The molecule has 0 spiro atoms. The summed E-state index contributed by atoms with van der Waals surface area (Å²) in [4.78, 5) is 2.86. The number of hydrogen-bond donors (Lipinski definition) is 2. The van der Waals surface area contributed by atoms with Crippen molar-refractivity contribution < 1.29 is 0 Å². The molecule has 0 amide bonds. The van der Waals surface area contributed by atoms with Crippen LogP contribution in [0.2, 0.25) is 0 Å². The van der Waals surface area contributed by atoms with Gasteiger partial charge in [0.1, 0.15) is 0 Å². The highest BCUT2D eigenvalue weighted by atomic mass is 32.1. The van der Waals surface area contributed by atoms with Gasteiger partial charge < -0.3 is 10.6 Å². The maximum absolute atomic E-state index is 5.54. The molecule has 1 aromatic rings. The van der Waals surface area contributed by atoms with Gasteiger partial charge in [-0.1, -0.05) is 24.1 Å². The molecule has 1 saturated carbocycles. The third-order valence-electron chi connectivity index (χ3n) is 5.64. The van der Waals surface area contributed by atoms with Crippen molar-refractivity contribution in [1.29, 1.82) is 0 Å². The summed E-state index contributed by atoms with van der Waals surface area (Å²) in [6, 6.07) is 11.4. The molecule has 0 radical (unpaired) electrons. The molecule has 1 aliphatic carbocycles. The maximum atomic E-state index is 5.54. The van der Waals surface area contributed by atoms with Crippen LogP contribution >= 0.6 is 12.2 Å². The highest BCUT2D eigenvalue weighted by molar-refractivity contribution is 7.80. The zero-order chi connectivity index (χ0) is 15.8. The topological polar surface area (TPSA) is 27.3 Å². The molecule has 2 aliphatic heterocycles. The van der Waals surface area contributed by atoms with E-state index in [1.165, 1.54) is 50.5 Å². The van der Waals surface area contributed by atoms with Gasteiger partial charge in [-0.15, -0.1) is 0 Å². The fourth-order valence-corrected chi connectivity index (χ4v) is 4.78. The molecule has 2 bridgehead atoms. The Kier molecular flexibility index (Phi) is 4.29. The maximum Gasteiger partial charge on any atom is 0.170 e. The van der Waals surface area contributed by atoms with E-state index < -0.39 is 0 Å². The Balaban J connectivity index is 1.34. The Bertz CT molecular complexity index is 552. The van der Waals surface area contributed by atoms with Crippen molar-refractivity contribution in [3.05, 3.63) is 29.8 Å². The molecule has 3 aliphatic rings. The number of rotatable bonds is 3. The number of fused-ring (bicyclic) bond motifs is 2. The molecule has 3 fully saturated rings. The van der Waals surface area contributed by atoms with Crippen LogP contribution in [0, 0.1) is 6.92 Å². The first-order valence-electron chi connectivity index (χ1n) is 9.10. The van der Waals surface area contributed by atoms with E-state index in [1.54, 1.807) is 0 Å². The van der Waals surface area contributed by atoms with E-state index in [0.29, 0.717) is 6.04 Å². The van der Waals surface area contributed by atoms with Gasteiger partial charge in [-0.05, 0) is 69.8 Å². The van der Waals surface area contributed by atoms with Crippen molar-refractivity contribution in [2.45, 2.75) is 76.0 Å². The third-order valence-corrected chi connectivity index (χ3v) is 5.86. The monoisotopic (exact) mass is 329 g/mol. The zero-order valence-corrected chi connectivity index (χ0v) is 14.7. The van der Waals surface area contributed by atoms with Gasteiger partial charge in [-0.2, -0.15) is 0 Å². The second-order valence-electron chi connectivity index (χ2n) is 7.55. The van der Waals surface area contributed by atoms with Gasteiger partial charge in [0.25, 0.3) is 0 Å². The fourth-order valence-electron chi connectivity index (χ4n) is 4.49.